The van der Waals surface area contributed by atoms with E-state index in [1.807, 2.05) is 37.3 Å². The first-order valence-electron chi connectivity index (χ1n) is 8.40. The molecule has 0 unspecified atom stereocenters. The van der Waals surface area contributed by atoms with Gasteiger partial charge in [0.15, 0.2) is 5.76 Å². The minimum atomic E-state index is -0.510. The molecule has 6 heteroatoms. The van der Waals surface area contributed by atoms with Crippen LogP contribution in [0.4, 0.5) is 0 Å². The standard InChI is InChI=1S/C21H16N2O4/c1-12-15-8-4-6-10-18(15)26-19(12)20(24)23-22-13(2)16-11-14-7-3-5-9-17(14)27-21(16)25/h3-11H,1-2H3,(H,23,24)/b22-13-. The van der Waals surface area contributed by atoms with Gasteiger partial charge in [-0.15, -0.1) is 0 Å². The number of hydrogen-bond acceptors (Lipinski definition) is 5. The number of para-hydroxylation sites is 2. The van der Waals surface area contributed by atoms with Crippen molar-refractivity contribution in [2.45, 2.75) is 13.8 Å². The van der Waals surface area contributed by atoms with Crippen LogP contribution in [0.25, 0.3) is 21.9 Å². The van der Waals surface area contributed by atoms with Gasteiger partial charge in [0.2, 0.25) is 0 Å². The summed E-state index contributed by atoms with van der Waals surface area (Å²) in [5, 5.41) is 5.70. The lowest BCUT2D eigenvalue weighted by Gasteiger charge is -2.03. The lowest BCUT2D eigenvalue weighted by Crippen LogP contribution is -2.21. The van der Waals surface area contributed by atoms with Crippen LogP contribution in [0.1, 0.15) is 28.6 Å². The molecule has 2 heterocycles. The van der Waals surface area contributed by atoms with Crippen molar-refractivity contribution in [3.05, 3.63) is 81.9 Å². The Morgan fingerprint density at radius 2 is 1.70 bits per heavy atom. The largest absolute Gasteiger partial charge is 0.451 e. The molecule has 4 aromatic rings. The summed E-state index contributed by atoms with van der Waals surface area (Å²) in [6.45, 7) is 3.45. The Balaban J connectivity index is 1.64. The number of amides is 1. The maximum atomic E-state index is 12.5. The second kappa shape index (κ2) is 6.57. The summed E-state index contributed by atoms with van der Waals surface area (Å²) in [5.41, 5.74) is 4.44. The summed E-state index contributed by atoms with van der Waals surface area (Å²) in [4.78, 5) is 24.6. The molecule has 2 aromatic carbocycles. The number of furan rings is 1. The molecular weight excluding hydrogens is 344 g/mol. The number of nitrogens with zero attached hydrogens (tertiary/aromatic N) is 1. The molecule has 0 aliphatic rings. The Hall–Kier alpha value is -3.67. The molecule has 0 bridgehead atoms. The molecule has 4 rings (SSSR count). The van der Waals surface area contributed by atoms with E-state index >= 15 is 0 Å². The average molecular weight is 360 g/mol. The SMILES string of the molecule is C/C(=N/NC(=O)c1oc2ccccc2c1C)c1cc2ccccc2oc1=O. The Morgan fingerprint density at radius 3 is 2.48 bits per heavy atom. The Labute approximate surface area is 154 Å². The predicted octanol–water partition coefficient (Wildman–Crippen LogP) is 4.00. The minimum Gasteiger partial charge on any atom is -0.451 e. The summed E-state index contributed by atoms with van der Waals surface area (Å²) in [5.74, 6) is -0.286. The highest BCUT2D eigenvalue weighted by molar-refractivity contribution is 6.03. The molecule has 6 nitrogen and oxygen atoms in total. The topological polar surface area (TPSA) is 84.8 Å². The zero-order valence-corrected chi connectivity index (χ0v) is 14.8. The average Bonchev–Trinajstić information content (AvgIpc) is 3.02. The zero-order valence-electron chi connectivity index (χ0n) is 14.8. The number of hydrazone groups is 1. The first kappa shape index (κ1) is 16.8. The molecule has 0 saturated carbocycles. The monoisotopic (exact) mass is 360 g/mol. The van der Waals surface area contributed by atoms with E-state index in [4.69, 9.17) is 8.83 Å². The number of rotatable bonds is 3. The first-order chi connectivity index (χ1) is 13.0. The second-order valence-electron chi connectivity index (χ2n) is 6.18. The number of aryl methyl sites for hydroxylation is 1. The van der Waals surface area contributed by atoms with Crippen LogP contribution >= 0.6 is 0 Å². The van der Waals surface area contributed by atoms with Crippen LogP contribution in [0, 0.1) is 6.92 Å². The van der Waals surface area contributed by atoms with E-state index in [-0.39, 0.29) is 11.3 Å². The predicted molar refractivity (Wildman–Crippen MR) is 103 cm³/mol. The number of hydrogen-bond donors (Lipinski definition) is 1. The van der Waals surface area contributed by atoms with Gasteiger partial charge in [0.1, 0.15) is 11.2 Å². The van der Waals surface area contributed by atoms with Gasteiger partial charge in [0.05, 0.1) is 11.3 Å². The van der Waals surface area contributed by atoms with Crippen LogP contribution in [-0.2, 0) is 0 Å². The Kier molecular flexibility index (Phi) is 4.08. The molecule has 27 heavy (non-hydrogen) atoms. The molecule has 0 saturated heterocycles. The van der Waals surface area contributed by atoms with Gasteiger partial charge < -0.3 is 8.83 Å². The number of fused-ring (bicyclic) bond motifs is 2. The fraction of sp³-hybridized carbons (Fsp3) is 0.0952. The van der Waals surface area contributed by atoms with Crippen LogP contribution < -0.4 is 11.1 Å². The quantitative estimate of drug-likeness (QED) is 0.340. The van der Waals surface area contributed by atoms with E-state index in [0.717, 1.165) is 16.3 Å². The van der Waals surface area contributed by atoms with Crippen LogP contribution in [0.5, 0.6) is 0 Å². The summed E-state index contributed by atoms with van der Waals surface area (Å²) >= 11 is 0. The van der Waals surface area contributed by atoms with Gasteiger partial charge in [-0.05, 0) is 32.0 Å². The Bertz CT molecular complexity index is 1260. The lowest BCUT2D eigenvalue weighted by atomic mass is 10.1. The fourth-order valence-corrected chi connectivity index (χ4v) is 2.95. The molecule has 0 spiro atoms. The highest BCUT2D eigenvalue weighted by atomic mass is 16.4. The van der Waals surface area contributed by atoms with Crippen molar-refractivity contribution >= 4 is 33.6 Å². The van der Waals surface area contributed by atoms with Crippen molar-refractivity contribution in [2.24, 2.45) is 5.10 Å². The highest BCUT2D eigenvalue weighted by Gasteiger charge is 2.17. The molecule has 134 valence electrons. The fourth-order valence-electron chi connectivity index (χ4n) is 2.95. The normalized spacial score (nSPS) is 11.9. The molecule has 0 radical (unpaired) electrons. The van der Waals surface area contributed by atoms with E-state index < -0.39 is 11.5 Å². The van der Waals surface area contributed by atoms with Crippen LogP contribution in [0.2, 0.25) is 0 Å². The maximum absolute atomic E-state index is 12.5. The van der Waals surface area contributed by atoms with E-state index in [1.54, 1.807) is 31.2 Å². The van der Waals surface area contributed by atoms with Gasteiger partial charge in [0, 0.05) is 16.3 Å². The minimum absolute atomic E-state index is 0.193. The number of carbonyl (C=O) groups is 1. The van der Waals surface area contributed by atoms with E-state index in [1.165, 1.54) is 0 Å². The van der Waals surface area contributed by atoms with E-state index in [2.05, 4.69) is 10.5 Å². The third-order valence-corrected chi connectivity index (χ3v) is 4.41. The van der Waals surface area contributed by atoms with Crippen molar-refractivity contribution in [3.8, 4) is 0 Å². The molecular formula is C21H16N2O4. The van der Waals surface area contributed by atoms with Gasteiger partial charge >= 0.3 is 11.5 Å². The maximum Gasteiger partial charge on any atom is 0.345 e. The van der Waals surface area contributed by atoms with Gasteiger partial charge in [-0.25, -0.2) is 10.2 Å². The van der Waals surface area contributed by atoms with E-state index in [0.29, 0.717) is 16.9 Å². The third-order valence-electron chi connectivity index (χ3n) is 4.41. The molecule has 2 aromatic heterocycles. The third kappa shape index (κ3) is 3.01. The molecule has 1 amide bonds. The number of carbonyl (C=O) groups excluding carboxylic acids is 1. The molecule has 0 aliphatic heterocycles. The summed E-state index contributed by atoms with van der Waals surface area (Å²) in [6, 6.07) is 16.3. The van der Waals surface area contributed by atoms with Crippen LogP contribution in [-0.4, -0.2) is 11.6 Å². The van der Waals surface area contributed by atoms with Crippen molar-refractivity contribution in [3.63, 3.8) is 0 Å². The van der Waals surface area contributed by atoms with Crippen molar-refractivity contribution in [2.75, 3.05) is 0 Å². The number of nitrogens with one attached hydrogen (secondary N) is 1. The van der Waals surface area contributed by atoms with E-state index in [9.17, 15) is 9.59 Å². The highest BCUT2D eigenvalue weighted by Crippen LogP contribution is 2.24. The van der Waals surface area contributed by atoms with Gasteiger partial charge in [0.25, 0.3) is 0 Å². The van der Waals surface area contributed by atoms with Crippen LogP contribution in [0.15, 0.2) is 73.3 Å². The van der Waals surface area contributed by atoms with Crippen molar-refractivity contribution in [1.82, 2.24) is 5.43 Å². The summed E-state index contributed by atoms with van der Waals surface area (Å²) in [6.07, 6.45) is 0. The molecule has 0 aliphatic carbocycles. The zero-order chi connectivity index (χ0) is 19.0. The summed E-state index contributed by atoms with van der Waals surface area (Å²) < 4.78 is 10.9. The van der Waals surface area contributed by atoms with Gasteiger partial charge in [-0.2, -0.15) is 5.10 Å². The molecule has 1 N–H and O–H groups in total. The van der Waals surface area contributed by atoms with Gasteiger partial charge in [-0.1, -0.05) is 36.4 Å². The smallest absolute Gasteiger partial charge is 0.345 e. The summed E-state index contributed by atoms with van der Waals surface area (Å²) in [7, 11) is 0. The van der Waals surface area contributed by atoms with Gasteiger partial charge in [-0.3, -0.25) is 4.79 Å². The second-order valence-corrected chi connectivity index (χ2v) is 6.18. The lowest BCUT2D eigenvalue weighted by molar-refractivity contribution is 0.0928. The van der Waals surface area contributed by atoms with Crippen molar-refractivity contribution < 1.29 is 13.6 Å². The Morgan fingerprint density at radius 1 is 1.00 bits per heavy atom. The first-order valence-corrected chi connectivity index (χ1v) is 8.40. The van der Waals surface area contributed by atoms with Crippen LogP contribution in [0.3, 0.4) is 0 Å². The van der Waals surface area contributed by atoms with Crippen molar-refractivity contribution in [1.29, 1.82) is 0 Å². The molecule has 0 atom stereocenters. The number of benzene rings is 2. The molecule has 0 fully saturated rings.